The second-order valence-electron chi connectivity index (χ2n) is 7.52. The van der Waals surface area contributed by atoms with Crippen LogP contribution in [0, 0.1) is 6.92 Å². The third-order valence-corrected chi connectivity index (χ3v) is 7.43. The Kier molecular flexibility index (Phi) is 8.77. The Morgan fingerprint density at radius 2 is 1.42 bits per heavy atom. The lowest BCUT2D eigenvalue weighted by atomic mass is 10.1. The lowest BCUT2D eigenvalue weighted by Gasteiger charge is -2.10. The van der Waals surface area contributed by atoms with E-state index in [2.05, 4.69) is 0 Å². The van der Waals surface area contributed by atoms with Crippen molar-refractivity contribution in [3.8, 4) is 5.75 Å². The topological polar surface area (TPSA) is 250 Å². The minimum absolute atomic E-state index is 0.0492. The number of rotatable bonds is 7. The van der Waals surface area contributed by atoms with Crippen molar-refractivity contribution in [3.05, 3.63) is 48.0 Å². The Morgan fingerprint density at radius 3 is 1.97 bits per heavy atom. The average Bonchev–Trinajstić information content (AvgIpc) is 2.72. The number of hydrogen-bond acceptors (Lipinski definition) is 10. The molecule has 13 nitrogen and oxygen atoms in total. The zero-order valence-electron chi connectivity index (χ0n) is 18.8. The van der Waals surface area contributed by atoms with Gasteiger partial charge in [-0.25, -0.2) is 0 Å². The summed E-state index contributed by atoms with van der Waals surface area (Å²) in [7, 11) is -13.1. The van der Waals surface area contributed by atoms with Gasteiger partial charge in [-0.3, -0.25) is 13.7 Å². The molecule has 0 bridgehead atoms. The third kappa shape index (κ3) is 7.67. The maximum absolute atomic E-state index is 11.3. The van der Waals surface area contributed by atoms with Gasteiger partial charge in [0.05, 0.1) is 23.7 Å². The van der Waals surface area contributed by atoms with Crippen LogP contribution in [0.4, 0.5) is 17.1 Å². The molecule has 3 aromatic rings. The number of fused-ring (bicyclic) bond motifs is 1. The van der Waals surface area contributed by atoms with Gasteiger partial charge in [-0.2, -0.15) is 25.3 Å². The van der Waals surface area contributed by atoms with Gasteiger partial charge in [0.15, 0.2) is 0 Å². The summed E-state index contributed by atoms with van der Waals surface area (Å²) in [6, 6.07) is 9.30. The van der Waals surface area contributed by atoms with Crippen LogP contribution in [0.5, 0.6) is 5.75 Å². The van der Waals surface area contributed by atoms with Crippen molar-refractivity contribution in [1.29, 1.82) is 0 Å². The van der Waals surface area contributed by atoms with Gasteiger partial charge in [-0.05, 0) is 37.1 Å². The fourth-order valence-electron chi connectivity index (χ4n) is 3.11. The van der Waals surface area contributed by atoms with Gasteiger partial charge in [0.1, 0.15) is 15.5 Å². The molecule has 16 heteroatoms. The second kappa shape index (κ2) is 10.9. The number of hydrogen-bond donors (Lipinski definition) is 6. The molecule has 198 valence electrons. The van der Waals surface area contributed by atoms with Crippen LogP contribution in [0.2, 0.25) is 0 Å². The molecule has 0 heterocycles. The Hall–Kier alpha value is -3.15. The standard InChI is InChI=1S/C10H16N2O4S.C10H9NO6S2/c1-7-5-9(12)10(6-8(7)11)16-3-2-4-17(13,14)15;11-8-5-4-6-7(10(8)19(15,16)17)2-1-3-9(6)18(12,13)14/h5-6H,2-4,11-12H2,1H3,(H,13,14,15);1-5H,11H2,(H,12,13,14)(H,15,16,17). The molecule has 0 radical (unpaired) electrons. The van der Waals surface area contributed by atoms with E-state index in [1.165, 1.54) is 18.2 Å². The number of nitrogen functional groups attached to an aromatic ring is 3. The first kappa shape index (κ1) is 29.1. The summed E-state index contributed by atoms with van der Waals surface area (Å²) in [5.74, 6) is 0.0808. The van der Waals surface area contributed by atoms with E-state index in [0.717, 1.165) is 17.7 Å². The Balaban J connectivity index is 0.000000255. The molecule has 0 saturated heterocycles. The Morgan fingerprint density at radius 1 is 0.778 bits per heavy atom. The predicted molar refractivity (Wildman–Crippen MR) is 135 cm³/mol. The molecule has 0 atom stereocenters. The summed E-state index contributed by atoms with van der Waals surface area (Å²) >= 11 is 0. The van der Waals surface area contributed by atoms with E-state index in [0.29, 0.717) is 17.1 Å². The second-order valence-corrected chi connectivity index (χ2v) is 11.8. The van der Waals surface area contributed by atoms with Crippen molar-refractivity contribution in [2.45, 2.75) is 23.1 Å². The van der Waals surface area contributed by atoms with Gasteiger partial charge in [0, 0.05) is 22.5 Å². The van der Waals surface area contributed by atoms with Crippen LogP contribution >= 0.6 is 0 Å². The highest BCUT2D eigenvalue weighted by atomic mass is 32.2. The van der Waals surface area contributed by atoms with Crippen molar-refractivity contribution in [3.63, 3.8) is 0 Å². The predicted octanol–water partition coefficient (Wildman–Crippen LogP) is 1.73. The summed E-state index contributed by atoms with van der Waals surface area (Å²) in [5, 5.41) is -0.135. The van der Waals surface area contributed by atoms with E-state index < -0.39 is 40.1 Å². The van der Waals surface area contributed by atoms with Crippen molar-refractivity contribution in [2.75, 3.05) is 29.6 Å². The molecule has 36 heavy (non-hydrogen) atoms. The molecule has 3 aromatic carbocycles. The van der Waals surface area contributed by atoms with E-state index in [4.69, 9.17) is 35.6 Å². The summed E-state index contributed by atoms with van der Waals surface area (Å²) in [6.07, 6.45) is 0.187. The molecule has 0 unspecified atom stereocenters. The molecule has 9 N–H and O–H groups in total. The number of anilines is 3. The molecule has 3 rings (SSSR count). The number of ether oxygens (including phenoxy) is 1. The van der Waals surface area contributed by atoms with Gasteiger partial charge in [-0.15, -0.1) is 0 Å². The van der Waals surface area contributed by atoms with Crippen molar-refractivity contribution >= 4 is 58.2 Å². The minimum Gasteiger partial charge on any atom is -0.491 e. The average molecular weight is 564 g/mol. The number of aryl methyl sites for hydroxylation is 1. The van der Waals surface area contributed by atoms with Gasteiger partial charge < -0.3 is 21.9 Å². The molecular weight excluding hydrogens is 538 g/mol. The Labute approximate surface area is 208 Å². The molecule has 0 spiro atoms. The first-order chi connectivity index (χ1) is 16.4. The van der Waals surface area contributed by atoms with Gasteiger partial charge >= 0.3 is 0 Å². The largest absolute Gasteiger partial charge is 0.491 e. The normalized spacial score (nSPS) is 12.1. The number of nitrogens with two attached hydrogens (primary N) is 3. The van der Waals surface area contributed by atoms with Crippen LogP contribution < -0.4 is 21.9 Å². The highest BCUT2D eigenvalue weighted by Gasteiger charge is 2.22. The minimum atomic E-state index is -4.62. The van der Waals surface area contributed by atoms with Crippen molar-refractivity contribution < 1.29 is 43.6 Å². The zero-order chi connectivity index (χ0) is 27.5. The van der Waals surface area contributed by atoms with Gasteiger partial charge in [0.2, 0.25) is 0 Å². The van der Waals surface area contributed by atoms with Crippen LogP contribution in [0.3, 0.4) is 0 Å². The lowest BCUT2D eigenvalue weighted by molar-refractivity contribution is 0.318. The molecular formula is C20H25N3O10S3. The molecule has 0 saturated carbocycles. The van der Waals surface area contributed by atoms with Crippen molar-refractivity contribution in [1.82, 2.24) is 0 Å². The van der Waals surface area contributed by atoms with E-state index in [9.17, 15) is 25.3 Å². The lowest BCUT2D eigenvalue weighted by Crippen LogP contribution is -2.09. The van der Waals surface area contributed by atoms with Crippen LogP contribution in [0.1, 0.15) is 12.0 Å². The molecule has 0 fully saturated rings. The van der Waals surface area contributed by atoms with Gasteiger partial charge in [0.25, 0.3) is 30.4 Å². The van der Waals surface area contributed by atoms with Crippen LogP contribution in [-0.4, -0.2) is 51.3 Å². The molecule has 0 aliphatic heterocycles. The SMILES string of the molecule is Cc1cc(N)c(OCCCS(=O)(=O)O)cc1N.Nc1ccc2c(S(=O)(=O)O)cccc2c1S(=O)(=O)O. The highest BCUT2D eigenvalue weighted by molar-refractivity contribution is 7.86. The Bertz CT molecular complexity index is 1600. The number of benzene rings is 3. The molecule has 0 aromatic heterocycles. The van der Waals surface area contributed by atoms with E-state index in [1.807, 2.05) is 6.92 Å². The van der Waals surface area contributed by atoms with E-state index >= 15 is 0 Å². The monoisotopic (exact) mass is 563 g/mol. The highest BCUT2D eigenvalue weighted by Crippen LogP contribution is 2.32. The maximum atomic E-state index is 11.3. The molecule has 0 amide bonds. The molecule has 0 aliphatic rings. The summed E-state index contributed by atoms with van der Waals surface area (Å²) in [5.41, 5.74) is 18.5. The van der Waals surface area contributed by atoms with Crippen molar-refractivity contribution in [2.24, 2.45) is 0 Å². The van der Waals surface area contributed by atoms with Crippen LogP contribution in [-0.2, 0) is 30.4 Å². The van der Waals surface area contributed by atoms with Crippen LogP contribution in [0.15, 0.2) is 52.3 Å². The summed E-state index contributed by atoms with van der Waals surface area (Å²) in [4.78, 5) is -1.05. The van der Waals surface area contributed by atoms with Crippen LogP contribution in [0.25, 0.3) is 10.8 Å². The zero-order valence-corrected chi connectivity index (χ0v) is 21.3. The third-order valence-electron chi connectivity index (χ3n) is 4.74. The fraction of sp³-hybridized carbons (Fsp3) is 0.200. The summed E-state index contributed by atoms with van der Waals surface area (Å²) < 4.78 is 98.0. The van der Waals surface area contributed by atoms with E-state index in [1.54, 1.807) is 12.1 Å². The maximum Gasteiger partial charge on any atom is 0.297 e. The first-order valence-corrected chi connectivity index (χ1v) is 14.4. The van der Waals surface area contributed by atoms with E-state index in [-0.39, 0.29) is 35.2 Å². The molecule has 0 aliphatic carbocycles. The fourth-order valence-corrected chi connectivity index (χ4v) is 5.12. The smallest absolute Gasteiger partial charge is 0.297 e. The van der Waals surface area contributed by atoms with Gasteiger partial charge in [-0.1, -0.05) is 18.2 Å². The quantitative estimate of drug-likeness (QED) is 0.136. The first-order valence-electron chi connectivity index (χ1n) is 9.91. The summed E-state index contributed by atoms with van der Waals surface area (Å²) in [6.45, 7) is 1.97.